The van der Waals surface area contributed by atoms with E-state index in [4.69, 9.17) is 5.90 Å². The third-order valence-corrected chi connectivity index (χ3v) is 2.86. The summed E-state index contributed by atoms with van der Waals surface area (Å²) < 4.78 is 0. The highest BCUT2D eigenvalue weighted by Gasteiger charge is 1.98. The minimum atomic E-state index is 0.580. The summed E-state index contributed by atoms with van der Waals surface area (Å²) in [4.78, 5) is 5.87. The number of nitrogens with two attached hydrogens (primary N) is 1. The number of hydrogen-bond acceptors (Lipinski definition) is 3. The Morgan fingerprint density at radius 3 is 2.85 bits per heavy atom. The second-order valence-electron chi connectivity index (χ2n) is 2.92. The molecule has 0 unspecified atom stereocenters. The maximum atomic E-state index is 4.97. The quantitative estimate of drug-likeness (QED) is 0.593. The smallest absolute Gasteiger partial charge is 0.0719 e. The van der Waals surface area contributed by atoms with Gasteiger partial charge in [-0.1, -0.05) is 12.1 Å². The van der Waals surface area contributed by atoms with Gasteiger partial charge >= 0.3 is 0 Å². The van der Waals surface area contributed by atoms with Gasteiger partial charge in [-0.3, -0.25) is 0 Å². The number of thioether (sulfide) groups is 1. The Kier molecular flexibility index (Phi) is 4.28. The van der Waals surface area contributed by atoms with Crippen LogP contribution >= 0.6 is 11.8 Å². The third-order valence-electron chi connectivity index (χ3n) is 1.98. The summed E-state index contributed by atoms with van der Waals surface area (Å²) in [5.74, 6) is 4.97. The van der Waals surface area contributed by atoms with E-state index < -0.39 is 0 Å². The fourth-order valence-corrected chi connectivity index (χ4v) is 1.86. The van der Waals surface area contributed by atoms with E-state index in [0.717, 1.165) is 6.42 Å². The van der Waals surface area contributed by atoms with Gasteiger partial charge < -0.3 is 4.84 Å². The maximum Gasteiger partial charge on any atom is 0.0719 e. The largest absolute Gasteiger partial charge is 0.304 e. The van der Waals surface area contributed by atoms with Gasteiger partial charge in [0.05, 0.1) is 6.61 Å². The molecule has 1 aromatic rings. The summed E-state index contributed by atoms with van der Waals surface area (Å²) in [5.41, 5.74) is 2.60. The molecular weight excluding hydrogens is 182 g/mol. The zero-order valence-corrected chi connectivity index (χ0v) is 8.86. The van der Waals surface area contributed by atoms with E-state index in [2.05, 4.69) is 36.2 Å². The van der Waals surface area contributed by atoms with Crippen molar-refractivity contribution in [3.63, 3.8) is 0 Å². The van der Waals surface area contributed by atoms with Crippen LogP contribution in [-0.4, -0.2) is 12.9 Å². The van der Waals surface area contributed by atoms with Crippen LogP contribution in [0, 0.1) is 6.92 Å². The first-order valence-corrected chi connectivity index (χ1v) is 5.45. The lowest BCUT2D eigenvalue weighted by Gasteiger charge is -2.05. The average Bonchev–Trinajstić information content (AvgIpc) is 2.16. The molecule has 0 saturated heterocycles. The molecule has 0 saturated carbocycles. The second kappa shape index (κ2) is 5.27. The van der Waals surface area contributed by atoms with E-state index in [0.29, 0.717) is 6.61 Å². The molecule has 0 spiro atoms. The highest BCUT2D eigenvalue weighted by atomic mass is 32.2. The molecule has 0 aromatic heterocycles. The van der Waals surface area contributed by atoms with Crippen LogP contribution in [0.15, 0.2) is 23.1 Å². The van der Waals surface area contributed by atoms with Crippen LogP contribution < -0.4 is 5.90 Å². The summed E-state index contributed by atoms with van der Waals surface area (Å²) in [6.07, 6.45) is 2.97. The molecule has 0 aliphatic heterocycles. The number of rotatable bonds is 4. The highest BCUT2D eigenvalue weighted by molar-refractivity contribution is 7.98. The molecule has 13 heavy (non-hydrogen) atoms. The lowest BCUT2D eigenvalue weighted by atomic mass is 10.1. The summed E-state index contributed by atoms with van der Waals surface area (Å²) in [6.45, 7) is 2.70. The van der Waals surface area contributed by atoms with Crippen molar-refractivity contribution in [2.45, 2.75) is 18.2 Å². The van der Waals surface area contributed by atoms with E-state index in [1.54, 1.807) is 11.8 Å². The lowest BCUT2D eigenvalue weighted by molar-refractivity contribution is 0.141. The predicted molar refractivity (Wildman–Crippen MR) is 56.8 cm³/mol. The molecule has 0 bridgehead atoms. The molecule has 0 atom stereocenters. The molecule has 0 aliphatic carbocycles. The molecule has 0 heterocycles. The number of hydrogen-bond donors (Lipinski definition) is 1. The monoisotopic (exact) mass is 197 g/mol. The maximum absolute atomic E-state index is 4.97. The van der Waals surface area contributed by atoms with Crippen molar-refractivity contribution in [1.82, 2.24) is 0 Å². The highest BCUT2D eigenvalue weighted by Crippen LogP contribution is 2.21. The fourth-order valence-electron chi connectivity index (χ4n) is 1.20. The van der Waals surface area contributed by atoms with Crippen LogP contribution in [0.5, 0.6) is 0 Å². The Hall–Kier alpha value is -0.510. The normalized spacial score (nSPS) is 10.4. The summed E-state index contributed by atoms with van der Waals surface area (Å²) >= 11 is 1.77. The topological polar surface area (TPSA) is 35.2 Å². The van der Waals surface area contributed by atoms with Crippen molar-refractivity contribution >= 4 is 11.8 Å². The standard InChI is InChI=1S/C10H15NOS/c1-8-3-4-9(5-6-12-11)7-10(8)13-2/h3-4,7H,5-6,11H2,1-2H3. The number of benzene rings is 1. The van der Waals surface area contributed by atoms with Crippen molar-refractivity contribution < 1.29 is 4.84 Å². The Balaban J connectivity index is 2.74. The Morgan fingerprint density at radius 2 is 2.23 bits per heavy atom. The van der Waals surface area contributed by atoms with Crippen LogP contribution in [0.1, 0.15) is 11.1 Å². The predicted octanol–water partition coefficient (Wildman–Crippen LogP) is 2.15. The van der Waals surface area contributed by atoms with Crippen molar-refractivity contribution in [3.05, 3.63) is 29.3 Å². The van der Waals surface area contributed by atoms with Crippen LogP contribution in [0.25, 0.3) is 0 Å². The summed E-state index contributed by atoms with van der Waals surface area (Å²) in [7, 11) is 0. The third kappa shape index (κ3) is 3.03. The molecule has 0 amide bonds. The van der Waals surface area contributed by atoms with E-state index >= 15 is 0 Å². The first-order chi connectivity index (χ1) is 6.27. The van der Waals surface area contributed by atoms with E-state index in [-0.39, 0.29) is 0 Å². The molecule has 2 nitrogen and oxygen atoms in total. The van der Waals surface area contributed by atoms with Gasteiger partial charge in [-0.05, 0) is 36.8 Å². The van der Waals surface area contributed by atoms with Gasteiger partial charge in [-0.15, -0.1) is 11.8 Å². The van der Waals surface area contributed by atoms with Gasteiger partial charge in [0.2, 0.25) is 0 Å². The first kappa shape index (κ1) is 10.6. The van der Waals surface area contributed by atoms with Crippen LogP contribution in [0.3, 0.4) is 0 Å². The van der Waals surface area contributed by atoms with Gasteiger partial charge in [0.15, 0.2) is 0 Å². The molecule has 0 radical (unpaired) electrons. The van der Waals surface area contributed by atoms with Gasteiger partial charge in [0.25, 0.3) is 0 Å². The van der Waals surface area contributed by atoms with Crippen LogP contribution in [-0.2, 0) is 11.3 Å². The number of aryl methyl sites for hydroxylation is 1. The van der Waals surface area contributed by atoms with E-state index in [9.17, 15) is 0 Å². The Bertz CT molecular complexity index is 276. The molecule has 72 valence electrons. The SMILES string of the molecule is CSc1cc(CCON)ccc1C. The van der Waals surface area contributed by atoms with Gasteiger partial charge in [0.1, 0.15) is 0 Å². The second-order valence-corrected chi connectivity index (χ2v) is 3.77. The zero-order valence-electron chi connectivity index (χ0n) is 8.04. The van der Waals surface area contributed by atoms with Gasteiger partial charge in [-0.2, -0.15) is 0 Å². The molecular formula is C10H15NOS. The average molecular weight is 197 g/mol. The molecule has 1 aromatic carbocycles. The minimum absolute atomic E-state index is 0.580. The molecule has 3 heteroatoms. The van der Waals surface area contributed by atoms with Crippen LogP contribution in [0.4, 0.5) is 0 Å². The molecule has 2 N–H and O–H groups in total. The van der Waals surface area contributed by atoms with E-state index in [1.165, 1.54) is 16.0 Å². The lowest BCUT2D eigenvalue weighted by Crippen LogP contribution is -2.03. The summed E-state index contributed by atoms with van der Waals surface area (Å²) in [5, 5.41) is 0. The van der Waals surface area contributed by atoms with Crippen molar-refractivity contribution in [2.75, 3.05) is 12.9 Å². The Labute approximate surface area is 83.4 Å². The molecule has 0 aliphatic rings. The summed E-state index contributed by atoms with van der Waals surface area (Å²) in [6, 6.07) is 6.45. The minimum Gasteiger partial charge on any atom is -0.304 e. The molecule has 0 fully saturated rings. The van der Waals surface area contributed by atoms with Crippen molar-refractivity contribution in [1.29, 1.82) is 0 Å². The van der Waals surface area contributed by atoms with Crippen molar-refractivity contribution in [2.24, 2.45) is 5.90 Å². The Morgan fingerprint density at radius 1 is 1.46 bits per heavy atom. The zero-order chi connectivity index (χ0) is 9.68. The van der Waals surface area contributed by atoms with Gasteiger partial charge in [-0.25, -0.2) is 5.90 Å². The fraction of sp³-hybridized carbons (Fsp3) is 0.400. The van der Waals surface area contributed by atoms with Gasteiger partial charge in [0, 0.05) is 4.90 Å². The van der Waals surface area contributed by atoms with E-state index in [1.807, 2.05) is 0 Å². The first-order valence-electron chi connectivity index (χ1n) is 4.23. The van der Waals surface area contributed by atoms with Crippen molar-refractivity contribution in [3.8, 4) is 0 Å². The van der Waals surface area contributed by atoms with Crippen LogP contribution in [0.2, 0.25) is 0 Å². The molecule has 1 rings (SSSR count).